The number of halogens is 2. The van der Waals surface area contributed by atoms with Crippen molar-refractivity contribution in [2.45, 2.75) is 12.5 Å². The maximum Gasteiger partial charge on any atom is 0.241 e. The summed E-state index contributed by atoms with van der Waals surface area (Å²) in [6, 6.07) is 2.76. The number of carbonyl (C=O) groups is 1. The van der Waals surface area contributed by atoms with Gasteiger partial charge in [-0.1, -0.05) is 16.7 Å². The zero-order valence-electron chi connectivity index (χ0n) is 9.31. The number of amides is 1. The first-order valence-electron chi connectivity index (χ1n) is 5.07. The normalized spacial score (nSPS) is 11.5. The van der Waals surface area contributed by atoms with Crippen LogP contribution in [-0.4, -0.2) is 18.5 Å². The Labute approximate surface area is 108 Å². The number of anilines is 1. The highest BCUT2D eigenvalue weighted by Gasteiger charge is 2.14. The molecule has 0 aliphatic carbocycles. The Hall–Kier alpha value is -1.82. The lowest BCUT2D eigenvalue weighted by Crippen LogP contribution is -2.36. The predicted molar refractivity (Wildman–Crippen MR) is 66.6 cm³/mol. The van der Waals surface area contributed by atoms with Crippen LogP contribution >= 0.6 is 11.6 Å². The van der Waals surface area contributed by atoms with Crippen molar-refractivity contribution in [3.8, 4) is 0 Å². The van der Waals surface area contributed by atoms with Crippen molar-refractivity contribution in [3.63, 3.8) is 0 Å². The first kappa shape index (κ1) is 14.2. The van der Waals surface area contributed by atoms with Crippen molar-refractivity contribution in [3.05, 3.63) is 39.5 Å². The molecule has 18 heavy (non-hydrogen) atoms. The number of nitrogens with zero attached hydrogens (tertiary/aromatic N) is 3. The van der Waals surface area contributed by atoms with Crippen LogP contribution in [0.4, 0.5) is 10.1 Å². The lowest BCUT2D eigenvalue weighted by Gasteiger charge is -2.12. The number of nitrogens with one attached hydrogen (secondary N) is 1. The van der Waals surface area contributed by atoms with Gasteiger partial charge in [0.1, 0.15) is 5.82 Å². The Morgan fingerprint density at radius 3 is 3.06 bits per heavy atom. The van der Waals surface area contributed by atoms with Gasteiger partial charge in [-0.2, -0.15) is 0 Å². The third-order valence-electron chi connectivity index (χ3n) is 2.13. The van der Waals surface area contributed by atoms with E-state index in [9.17, 15) is 9.18 Å². The van der Waals surface area contributed by atoms with E-state index in [4.69, 9.17) is 22.9 Å². The second kappa shape index (κ2) is 6.80. The Morgan fingerprint density at radius 1 is 1.67 bits per heavy atom. The van der Waals surface area contributed by atoms with Gasteiger partial charge in [0.15, 0.2) is 0 Å². The van der Waals surface area contributed by atoms with Crippen molar-refractivity contribution < 1.29 is 9.18 Å². The first-order valence-corrected chi connectivity index (χ1v) is 5.44. The zero-order valence-corrected chi connectivity index (χ0v) is 10.1. The molecule has 0 aliphatic rings. The van der Waals surface area contributed by atoms with Crippen LogP contribution in [-0.2, 0) is 4.79 Å². The van der Waals surface area contributed by atoms with Crippen molar-refractivity contribution in [1.29, 1.82) is 0 Å². The molecule has 0 bridgehead atoms. The van der Waals surface area contributed by atoms with Gasteiger partial charge in [-0.15, -0.1) is 0 Å². The molecule has 0 saturated heterocycles. The number of nitrogens with two attached hydrogens (primary N) is 1. The quantitative estimate of drug-likeness (QED) is 0.488. The van der Waals surface area contributed by atoms with E-state index in [0.29, 0.717) is 0 Å². The highest BCUT2D eigenvalue weighted by molar-refractivity contribution is 6.33. The number of hydrogen-bond donors (Lipinski definition) is 2. The molecule has 1 amide bonds. The Bertz CT molecular complexity index is 489. The predicted octanol–water partition coefficient (Wildman–Crippen LogP) is 2.45. The minimum atomic E-state index is -0.852. The third-order valence-corrected chi connectivity index (χ3v) is 2.46. The van der Waals surface area contributed by atoms with Gasteiger partial charge in [-0.25, -0.2) is 4.39 Å². The highest BCUT2D eigenvalue weighted by atomic mass is 35.5. The summed E-state index contributed by atoms with van der Waals surface area (Å²) in [7, 11) is 0. The summed E-state index contributed by atoms with van der Waals surface area (Å²) < 4.78 is 13.0. The molecule has 0 aliphatic heterocycles. The number of azide groups is 1. The van der Waals surface area contributed by atoms with Crippen LogP contribution in [0.15, 0.2) is 23.3 Å². The van der Waals surface area contributed by atoms with Crippen LogP contribution in [0.25, 0.3) is 10.4 Å². The summed E-state index contributed by atoms with van der Waals surface area (Å²) >= 11 is 5.78. The standard InChI is InChI=1S/C10H11ClFN5O/c11-7-2-1-6(12)5-9(7)16-10(18)8(13)3-4-15-17-14/h1-2,5,8H,3-4,13H2,(H,16,18). The molecule has 0 fully saturated rings. The van der Waals surface area contributed by atoms with Gasteiger partial charge in [-0.05, 0) is 30.2 Å². The molecule has 6 nitrogen and oxygen atoms in total. The van der Waals surface area contributed by atoms with Crippen LogP contribution in [0.1, 0.15) is 6.42 Å². The summed E-state index contributed by atoms with van der Waals surface area (Å²) in [5.74, 6) is -1.03. The largest absolute Gasteiger partial charge is 0.323 e. The van der Waals surface area contributed by atoms with E-state index in [-0.39, 0.29) is 23.7 Å². The lowest BCUT2D eigenvalue weighted by molar-refractivity contribution is -0.117. The van der Waals surface area contributed by atoms with Gasteiger partial charge >= 0.3 is 0 Å². The van der Waals surface area contributed by atoms with Crippen molar-refractivity contribution in [2.75, 3.05) is 11.9 Å². The van der Waals surface area contributed by atoms with Gasteiger partial charge in [0.2, 0.25) is 5.91 Å². The first-order chi connectivity index (χ1) is 8.54. The molecule has 3 N–H and O–H groups in total. The maximum absolute atomic E-state index is 13.0. The Kier molecular flexibility index (Phi) is 5.38. The van der Waals surface area contributed by atoms with E-state index in [0.717, 1.165) is 6.07 Å². The number of carbonyl (C=O) groups excluding carboxylic acids is 1. The van der Waals surface area contributed by atoms with E-state index in [2.05, 4.69) is 15.3 Å². The molecule has 1 atom stereocenters. The van der Waals surface area contributed by atoms with Crippen LogP contribution in [0, 0.1) is 5.82 Å². The average molecular weight is 272 g/mol. The molecule has 1 aromatic carbocycles. The fourth-order valence-corrected chi connectivity index (χ4v) is 1.36. The molecular weight excluding hydrogens is 261 g/mol. The molecule has 0 radical (unpaired) electrons. The van der Waals surface area contributed by atoms with Crippen molar-refractivity contribution in [1.82, 2.24) is 0 Å². The summed E-state index contributed by atoms with van der Waals surface area (Å²) in [4.78, 5) is 14.2. The van der Waals surface area contributed by atoms with Crippen molar-refractivity contribution >= 4 is 23.2 Å². The van der Waals surface area contributed by atoms with Gasteiger partial charge in [0.05, 0.1) is 16.8 Å². The van der Waals surface area contributed by atoms with Gasteiger partial charge < -0.3 is 11.1 Å². The van der Waals surface area contributed by atoms with E-state index in [1.54, 1.807) is 0 Å². The molecule has 0 saturated carbocycles. The van der Waals surface area contributed by atoms with Crippen LogP contribution < -0.4 is 11.1 Å². The smallest absolute Gasteiger partial charge is 0.241 e. The minimum Gasteiger partial charge on any atom is -0.323 e. The third kappa shape index (κ3) is 4.21. The lowest BCUT2D eigenvalue weighted by atomic mass is 10.2. The van der Waals surface area contributed by atoms with Gasteiger partial charge in [0.25, 0.3) is 0 Å². The monoisotopic (exact) mass is 271 g/mol. The molecule has 1 aromatic rings. The molecular formula is C10H11ClFN5O. The maximum atomic E-state index is 13.0. The van der Waals surface area contributed by atoms with E-state index >= 15 is 0 Å². The number of rotatable bonds is 5. The summed E-state index contributed by atoms with van der Waals surface area (Å²) in [5.41, 5.74) is 13.8. The molecule has 0 aromatic heterocycles. The molecule has 0 spiro atoms. The fraction of sp³-hybridized carbons (Fsp3) is 0.300. The van der Waals surface area contributed by atoms with Gasteiger partial charge in [-0.3, -0.25) is 4.79 Å². The van der Waals surface area contributed by atoms with Crippen LogP contribution in [0.3, 0.4) is 0 Å². The van der Waals surface area contributed by atoms with E-state index in [1.165, 1.54) is 12.1 Å². The summed E-state index contributed by atoms with van der Waals surface area (Å²) in [6.07, 6.45) is 0.197. The molecule has 8 heteroatoms. The van der Waals surface area contributed by atoms with E-state index < -0.39 is 17.8 Å². The average Bonchev–Trinajstić information content (AvgIpc) is 2.34. The van der Waals surface area contributed by atoms with Crippen LogP contribution in [0.5, 0.6) is 0 Å². The topological polar surface area (TPSA) is 104 Å². The van der Waals surface area contributed by atoms with Crippen LogP contribution in [0.2, 0.25) is 5.02 Å². The Morgan fingerprint density at radius 2 is 2.39 bits per heavy atom. The molecule has 96 valence electrons. The number of hydrogen-bond acceptors (Lipinski definition) is 3. The molecule has 1 unspecified atom stereocenters. The molecule has 1 rings (SSSR count). The zero-order chi connectivity index (χ0) is 13.5. The van der Waals surface area contributed by atoms with Gasteiger partial charge in [0, 0.05) is 11.5 Å². The highest BCUT2D eigenvalue weighted by Crippen LogP contribution is 2.22. The minimum absolute atomic E-state index is 0.113. The van der Waals surface area contributed by atoms with Crippen molar-refractivity contribution in [2.24, 2.45) is 10.8 Å². The SMILES string of the molecule is [N-]=[N+]=NCCC(N)C(=O)Nc1cc(F)ccc1Cl. The fourth-order valence-electron chi connectivity index (χ4n) is 1.19. The Balaban J connectivity index is 2.63. The van der Waals surface area contributed by atoms with E-state index in [1.807, 2.05) is 0 Å². The second-order valence-corrected chi connectivity index (χ2v) is 3.87. The second-order valence-electron chi connectivity index (χ2n) is 3.46. The summed E-state index contributed by atoms with van der Waals surface area (Å²) in [6.45, 7) is 0.113. The summed E-state index contributed by atoms with van der Waals surface area (Å²) in [5, 5.41) is 5.89. The number of benzene rings is 1. The molecule has 0 heterocycles.